The molecular weight excluding hydrogens is 256 g/mol. The number of nitrogens with zero attached hydrogens (tertiary/aromatic N) is 3. The van der Waals surface area contributed by atoms with Crippen LogP contribution in [0, 0.1) is 0 Å². The molecule has 2 rings (SSSR count). The van der Waals surface area contributed by atoms with Gasteiger partial charge in [-0.2, -0.15) is 5.10 Å². The molecule has 0 atom stereocenters. The van der Waals surface area contributed by atoms with Crippen molar-refractivity contribution in [2.24, 2.45) is 0 Å². The first-order chi connectivity index (χ1) is 9.79. The Bertz CT molecular complexity index is 523. The summed E-state index contributed by atoms with van der Waals surface area (Å²) in [5.74, 6) is 0.406. The Labute approximate surface area is 117 Å². The highest BCUT2D eigenvalue weighted by Crippen LogP contribution is 2.06. The van der Waals surface area contributed by atoms with Crippen molar-refractivity contribution in [3.05, 3.63) is 42.4 Å². The van der Waals surface area contributed by atoms with E-state index in [4.69, 9.17) is 4.74 Å². The maximum Gasteiger partial charge on any atom is 0.339 e. The van der Waals surface area contributed by atoms with Crippen LogP contribution in [0.5, 0.6) is 0 Å². The second-order valence-electron chi connectivity index (χ2n) is 4.20. The van der Waals surface area contributed by atoms with Gasteiger partial charge in [-0.3, -0.25) is 4.68 Å². The zero-order valence-electron chi connectivity index (χ0n) is 11.5. The zero-order valence-corrected chi connectivity index (χ0v) is 11.5. The highest BCUT2D eigenvalue weighted by atomic mass is 16.5. The zero-order chi connectivity index (χ0) is 14.2. The Hall–Kier alpha value is -2.37. The number of aryl methyl sites for hydroxylation is 1. The van der Waals surface area contributed by atoms with Gasteiger partial charge in [-0.15, -0.1) is 0 Å². The fourth-order valence-corrected chi connectivity index (χ4v) is 1.72. The minimum Gasteiger partial charge on any atom is -0.462 e. The molecule has 6 heteroatoms. The van der Waals surface area contributed by atoms with Crippen LogP contribution in [0.1, 0.15) is 23.7 Å². The fraction of sp³-hybridized carbons (Fsp3) is 0.357. The molecule has 0 aliphatic rings. The lowest BCUT2D eigenvalue weighted by molar-refractivity contribution is 0.0526. The van der Waals surface area contributed by atoms with E-state index in [2.05, 4.69) is 15.4 Å². The SMILES string of the molecule is CCOC(=O)c1ccc(NCCCn2cccn2)nc1. The van der Waals surface area contributed by atoms with E-state index in [1.165, 1.54) is 6.20 Å². The molecule has 0 aliphatic heterocycles. The van der Waals surface area contributed by atoms with Crippen molar-refractivity contribution in [1.82, 2.24) is 14.8 Å². The lowest BCUT2D eigenvalue weighted by Gasteiger charge is -2.06. The molecule has 0 amide bonds. The molecule has 2 aromatic rings. The van der Waals surface area contributed by atoms with Crippen LogP contribution in [0.3, 0.4) is 0 Å². The Morgan fingerprint density at radius 2 is 2.35 bits per heavy atom. The van der Waals surface area contributed by atoms with E-state index >= 15 is 0 Å². The number of aromatic nitrogens is 3. The fourth-order valence-electron chi connectivity index (χ4n) is 1.72. The van der Waals surface area contributed by atoms with Crippen LogP contribution >= 0.6 is 0 Å². The molecule has 0 unspecified atom stereocenters. The molecule has 0 fully saturated rings. The molecule has 6 nitrogen and oxygen atoms in total. The molecule has 106 valence electrons. The minimum atomic E-state index is -0.342. The number of pyridine rings is 1. The number of hydrogen-bond donors (Lipinski definition) is 1. The van der Waals surface area contributed by atoms with Gasteiger partial charge in [-0.05, 0) is 31.5 Å². The van der Waals surface area contributed by atoms with Crippen LogP contribution in [0.4, 0.5) is 5.82 Å². The van der Waals surface area contributed by atoms with Crippen molar-refractivity contribution in [3.8, 4) is 0 Å². The van der Waals surface area contributed by atoms with Gasteiger partial charge in [-0.1, -0.05) is 0 Å². The predicted octanol–water partition coefficient (Wildman–Crippen LogP) is 1.96. The number of rotatable bonds is 7. The van der Waals surface area contributed by atoms with Crippen molar-refractivity contribution in [1.29, 1.82) is 0 Å². The summed E-state index contributed by atoms with van der Waals surface area (Å²) in [6, 6.07) is 5.39. The average Bonchev–Trinajstić information content (AvgIpc) is 2.98. The maximum absolute atomic E-state index is 11.5. The Balaban J connectivity index is 1.74. The van der Waals surface area contributed by atoms with Crippen LogP contribution in [0.15, 0.2) is 36.8 Å². The van der Waals surface area contributed by atoms with Gasteiger partial charge in [0.25, 0.3) is 0 Å². The van der Waals surface area contributed by atoms with E-state index < -0.39 is 0 Å². The van der Waals surface area contributed by atoms with Crippen LogP contribution in [-0.4, -0.2) is 33.9 Å². The van der Waals surface area contributed by atoms with Gasteiger partial charge >= 0.3 is 5.97 Å². The number of nitrogens with one attached hydrogen (secondary N) is 1. The number of anilines is 1. The van der Waals surface area contributed by atoms with Gasteiger partial charge in [0, 0.05) is 31.7 Å². The van der Waals surface area contributed by atoms with Crippen LogP contribution in [-0.2, 0) is 11.3 Å². The Kier molecular flexibility index (Phi) is 5.11. The monoisotopic (exact) mass is 274 g/mol. The Morgan fingerprint density at radius 3 is 3.00 bits per heavy atom. The average molecular weight is 274 g/mol. The molecule has 0 saturated heterocycles. The number of carbonyl (C=O) groups excluding carboxylic acids is 1. The van der Waals surface area contributed by atoms with E-state index in [0.29, 0.717) is 12.2 Å². The third-order valence-electron chi connectivity index (χ3n) is 2.70. The van der Waals surface area contributed by atoms with E-state index in [9.17, 15) is 4.79 Å². The topological polar surface area (TPSA) is 69.0 Å². The molecular formula is C14H18N4O2. The van der Waals surface area contributed by atoms with E-state index in [-0.39, 0.29) is 5.97 Å². The third kappa shape index (κ3) is 4.08. The van der Waals surface area contributed by atoms with Crippen molar-refractivity contribution >= 4 is 11.8 Å². The summed E-state index contributed by atoms with van der Waals surface area (Å²) in [7, 11) is 0. The molecule has 1 N–H and O–H groups in total. The smallest absolute Gasteiger partial charge is 0.339 e. The quantitative estimate of drug-likeness (QED) is 0.617. The predicted molar refractivity (Wildman–Crippen MR) is 75.5 cm³/mol. The summed E-state index contributed by atoms with van der Waals surface area (Å²) in [5, 5.41) is 7.33. The first-order valence-corrected chi connectivity index (χ1v) is 6.64. The van der Waals surface area contributed by atoms with Gasteiger partial charge in [0.1, 0.15) is 5.82 Å². The van der Waals surface area contributed by atoms with Crippen molar-refractivity contribution in [2.45, 2.75) is 19.9 Å². The van der Waals surface area contributed by atoms with Gasteiger partial charge in [0.15, 0.2) is 0 Å². The molecule has 2 aromatic heterocycles. The summed E-state index contributed by atoms with van der Waals surface area (Å²) in [5.41, 5.74) is 0.467. The normalized spacial score (nSPS) is 10.2. The highest BCUT2D eigenvalue weighted by molar-refractivity contribution is 5.89. The highest BCUT2D eigenvalue weighted by Gasteiger charge is 2.06. The van der Waals surface area contributed by atoms with Crippen LogP contribution in [0.2, 0.25) is 0 Å². The number of hydrogen-bond acceptors (Lipinski definition) is 5. The van der Waals surface area contributed by atoms with Gasteiger partial charge in [0.2, 0.25) is 0 Å². The van der Waals surface area contributed by atoms with Gasteiger partial charge in [-0.25, -0.2) is 9.78 Å². The standard InChI is InChI=1S/C14H18N4O2/c1-2-20-14(19)12-5-6-13(16-11-12)15-7-3-9-18-10-4-8-17-18/h4-6,8,10-11H,2-3,7,9H2,1H3,(H,15,16). The molecule has 0 aromatic carbocycles. The largest absolute Gasteiger partial charge is 0.462 e. The molecule has 20 heavy (non-hydrogen) atoms. The first-order valence-electron chi connectivity index (χ1n) is 6.64. The molecule has 2 heterocycles. The van der Waals surface area contributed by atoms with Crippen molar-refractivity contribution in [3.63, 3.8) is 0 Å². The lowest BCUT2D eigenvalue weighted by atomic mass is 10.3. The second kappa shape index (κ2) is 7.28. The van der Waals surface area contributed by atoms with Crippen LogP contribution < -0.4 is 5.32 Å². The van der Waals surface area contributed by atoms with E-state index in [1.807, 2.05) is 16.9 Å². The molecule has 0 bridgehead atoms. The van der Waals surface area contributed by atoms with E-state index in [0.717, 1.165) is 25.3 Å². The number of carbonyl (C=O) groups is 1. The summed E-state index contributed by atoms with van der Waals surface area (Å²) in [6.45, 7) is 3.81. The van der Waals surface area contributed by atoms with Crippen LogP contribution in [0.25, 0.3) is 0 Å². The molecule has 0 aliphatic carbocycles. The van der Waals surface area contributed by atoms with E-state index in [1.54, 1.807) is 25.3 Å². The number of esters is 1. The molecule has 0 saturated carbocycles. The summed E-state index contributed by atoms with van der Waals surface area (Å²) >= 11 is 0. The molecule has 0 spiro atoms. The summed E-state index contributed by atoms with van der Waals surface area (Å²) in [4.78, 5) is 15.6. The van der Waals surface area contributed by atoms with Gasteiger partial charge in [0.05, 0.1) is 12.2 Å². The summed E-state index contributed by atoms with van der Waals surface area (Å²) < 4.78 is 6.79. The third-order valence-corrected chi connectivity index (χ3v) is 2.70. The maximum atomic E-state index is 11.5. The van der Waals surface area contributed by atoms with Crippen molar-refractivity contribution in [2.75, 3.05) is 18.5 Å². The minimum absolute atomic E-state index is 0.342. The lowest BCUT2D eigenvalue weighted by Crippen LogP contribution is -2.09. The Morgan fingerprint density at radius 1 is 1.45 bits per heavy atom. The number of ether oxygens (including phenoxy) is 1. The second-order valence-corrected chi connectivity index (χ2v) is 4.20. The first kappa shape index (κ1) is 14.0. The van der Waals surface area contributed by atoms with Crippen molar-refractivity contribution < 1.29 is 9.53 Å². The molecule has 0 radical (unpaired) electrons. The van der Waals surface area contributed by atoms with Gasteiger partial charge < -0.3 is 10.1 Å². The summed E-state index contributed by atoms with van der Waals surface area (Å²) in [6.07, 6.45) is 6.17.